The summed E-state index contributed by atoms with van der Waals surface area (Å²) in [5.74, 6) is 1.23. The highest BCUT2D eigenvalue weighted by Crippen LogP contribution is 2.35. The van der Waals surface area contributed by atoms with E-state index in [0.717, 1.165) is 18.6 Å². The molecule has 0 unspecified atom stereocenters. The maximum absolute atomic E-state index is 12.1. The number of aryl methyl sites for hydroxylation is 1. The number of thiophene rings is 1. The number of fused-ring (bicyclic) bond motifs is 1. The van der Waals surface area contributed by atoms with Crippen molar-refractivity contribution in [2.75, 3.05) is 5.75 Å². The molecule has 2 nitrogen and oxygen atoms in total. The number of thioether (sulfide) groups is 1. The number of amides is 1. The quantitative estimate of drug-likeness (QED) is 0.924. The maximum Gasteiger partial charge on any atom is 0.220 e. The third-order valence-electron chi connectivity index (χ3n) is 3.47. The van der Waals surface area contributed by atoms with Gasteiger partial charge in [0, 0.05) is 21.9 Å². The van der Waals surface area contributed by atoms with E-state index in [4.69, 9.17) is 0 Å². The standard InChI is InChI=1S/C16H17NOS2/c18-16(8-7-12-4-3-10-19-12)17-14-9-11-20-15-6-2-1-5-13(14)15/h1-6,10,14H,7-9,11H2,(H,17,18)/t14-/m1/s1. The molecule has 1 amide bonds. The number of rotatable bonds is 4. The largest absolute Gasteiger partial charge is 0.349 e. The molecule has 0 bridgehead atoms. The van der Waals surface area contributed by atoms with Crippen LogP contribution in [-0.4, -0.2) is 11.7 Å². The smallest absolute Gasteiger partial charge is 0.220 e. The number of nitrogens with one attached hydrogen (secondary N) is 1. The first-order valence-corrected chi connectivity index (χ1v) is 8.73. The van der Waals surface area contributed by atoms with Crippen molar-refractivity contribution in [3.05, 3.63) is 52.2 Å². The van der Waals surface area contributed by atoms with Gasteiger partial charge < -0.3 is 5.32 Å². The molecule has 20 heavy (non-hydrogen) atoms. The van der Waals surface area contributed by atoms with Crippen LogP contribution in [0, 0.1) is 0 Å². The van der Waals surface area contributed by atoms with Crippen molar-refractivity contribution in [2.45, 2.75) is 30.2 Å². The van der Waals surface area contributed by atoms with Crippen LogP contribution in [0.25, 0.3) is 0 Å². The van der Waals surface area contributed by atoms with Crippen molar-refractivity contribution in [2.24, 2.45) is 0 Å². The average Bonchev–Trinajstić information content (AvgIpc) is 2.99. The molecule has 1 aliphatic heterocycles. The second kappa shape index (κ2) is 6.46. The molecule has 1 aromatic heterocycles. The number of carbonyl (C=O) groups excluding carboxylic acids is 1. The topological polar surface area (TPSA) is 29.1 Å². The van der Waals surface area contributed by atoms with E-state index < -0.39 is 0 Å². The normalized spacial score (nSPS) is 17.5. The summed E-state index contributed by atoms with van der Waals surface area (Å²) in [6.07, 6.45) is 2.44. The molecule has 0 saturated heterocycles. The molecular weight excluding hydrogens is 286 g/mol. The summed E-state index contributed by atoms with van der Waals surface area (Å²) >= 11 is 3.60. The molecule has 0 radical (unpaired) electrons. The Kier molecular flexibility index (Phi) is 4.43. The Morgan fingerprint density at radius 2 is 2.15 bits per heavy atom. The van der Waals surface area contributed by atoms with Crippen molar-refractivity contribution >= 4 is 29.0 Å². The molecule has 0 saturated carbocycles. The van der Waals surface area contributed by atoms with Crippen LogP contribution in [0.2, 0.25) is 0 Å². The van der Waals surface area contributed by atoms with Gasteiger partial charge in [-0.1, -0.05) is 24.3 Å². The highest BCUT2D eigenvalue weighted by atomic mass is 32.2. The van der Waals surface area contributed by atoms with Crippen LogP contribution >= 0.6 is 23.1 Å². The molecule has 0 aliphatic carbocycles. The molecule has 3 rings (SSSR count). The van der Waals surface area contributed by atoms with Crippen LogP contribution in [0.5, 0.6) is 0 Å². The minimum Gasteiger partial charge on any atom is -0.349 e. The number of carbonyl (C=O) groups is 1. The zero-order valence-electron chi connectivity index (χ0n) is 11.2. The molecular formula is C16H17NOS2. The minimum absolute atomic E-state index is 0.158. The van der Waals surface area contributed by atoms with E-state index >= 15 is 0 Å². The Morgan fingerprint density at radius 1 is 1.25 bits per heavy atom. The van der Waals surface area contributed by atoms with Crippen molar-refractivity contribution in [3.63, 3.8) is 0 Å². The zero-order valence-corrected chi connectivity index (χ0v) is 12.8. The van der Waals surface area contributed by atoms with Gasteiger partial charge in [-0.3, -0.25) is 4.79 Å². The van der Waals surface area contributed by atoms with Crippen LogP contribution < -0.4 is 5.32 Å². The summed E-state index contributed by atoms with van der Waals surface area (Å²) in [6.45, 7) is 0. The molecule has 1 aromatic carbocycles. The lowest BCUT2D eigenvalue weighted by molar-refractivity contribution is -0.121. The Labute approximate surface area is 127 Å². The van der Waals surface area contributed by atoms with E-state index in [2.05, 4.69) is 41.0 Å². The predicted molar refractivity (Wildman–Crippen MR) is 85.3 cm³/mol. The van der Waals surface area contributed by atoms with Gasteiger partial charge in [-0.25, -0.2) is 0 Å². The molecule has 0 spiro atoms. The van der Waals surface area contributed by atoms with E-state index in [9.17, 15) is 4.79 Å². The Bertz CT molecular complexity index is 580. The average molecular weight is 303 g/mol. The Balaban J connectivity index is 1.59. The van der Waals surface area contributed by atoms with E-state index in [1.807, 2.05) is 17.8 Å². The molecule has 2 heterocycles. The first kappa shape index (κ1) is 13.7. The summed E-state index contributed by atoms with van der Waals surface area (Å²) in [5, 5.41) is 5.25. The number of hydrogen-bond donors (Lipinski definition) is 1. The van der Waals surface area contributed by atoms with Gasteiger partial charge >= 0.3 is 0 Å². The molecule has 2 aromatic rings. The molecule has 1 aliphatic rings. The monoisotopic (exact) mass is 303 g/mol. The summed E-state index contributed by atoms with van der Waals surface area (Å²) in [7, 11) is 0. The van der Waals surface area contributed by atoms with Crippen molar-refractivity contribution < 1.29 is 4.79 Å². The maximum atomic E-state index is 12.1. The molecule has 104 valence electrons. The zero-order chi connectivity index (χ0) is 13.8. The van der Waals surface area contributed by atoms with Gasteiger partial charge in [0.2, 0.25) is 5.91 Å². The van der Waals surface area contributed by atoms with E-state index in [0.29, 0.717) is 6.42 Å². The lowest BCUT2D eigenvalue weighted by Crippen LogP contribution is -2.30. The second-order valence-electron chi connectivity index (χ2n) is 4.87. The van der Waals surface area contributed by atoms with E-state index in [1.165, 1.54) is 15.3 Å². The van der Waals surface area contributed by atoms with Crippen molar-refractivity contribution in [3.8, 4) is 0 Å². The highest BCUT2D eigenvalue weighted by molar-refractivity contribution is 7.99. The summed E-state index contributed by atoms with van der Waals surface area (Å²) in [6, 6.07) is 12.7. The van der Waals surface area contributed by atoms with Gasteiger partial charge in [-0.05, 0) is 35.9 Å². The second-order valence-corrected chi connectivity index (χ2v) is 7.04. The third kappa shape index (κ3) is 3.25. The van der Waals surface area contributed by atoms with Crippen LogP contribution in [0.3, 0.4) is 0 Å². The lowest BCUT2D eigenvalue weighted by Gasteiger charge is -2.25. The fraction of sp³-hybridized carbons (Fsp3) is 0.312. The molecule has 4 heteroatoms. The van der Waals surface area contributed by atoms with Crippen LogP contribution in [0.4, 0.5) is 0 Å². The van der Waals surface area contributed by atoms with Crippen molar-refractivity contribution in [1.29, 1.82) is 0 Å². The first-order valence-electron chi connectivity index (χ1n) is 6.86. The van der Waals surface area contributed by atoms with Gasteiger partial charge in [-0.2, -0.15) is 0 Å². The fourth-order valence-corrected chi connectivity index (χ4v) is 4.28. The Hall–Kier alpha value is -1.26. The third-order valence-corrected chi connectivity index (χ3v) is 5.53. The first-order chi connectivity index (χ1) is 9.83. The SMILES string of the molecule is O=C(CCc1cccs1)N[C@@H]1CCSc2ccccc21. The van der Waals surface area contributed by atoms with Gasteiger partial charge in [0.1, 0.15) is 0 Å². The van der Waals surface area contributed by atoms with Gasteiger partial charge in [0.25, 0.3) is 0 Å². The highest BCUT2D eigenvalue weighted by Gasteiger charge is 2.21. The van der Waals surface area contributed by atoms with E-state index in [-0.39, 0.29) is 11.9 Å². The van der Waals surface area contributed by atoms with Gasteiger partial charge in [0.15, 0.2) is 0 Å². The minimum atomic E-state index is 0.158. The molecule has 1 atom stereocenters. The van der Waals surface area contributed by atoms with Crippen LogP contribution in [0.15, 0.2) is 46.7 Å². The van der Waals surface area contributed by atoms with Crippen LogP contribution in [0.1, 0.15) is 29.3 Å². The van der Waals surface area contributed by atoms with Gasteiger partial charge in [0.05, 0.1) is 6.04 Å². The summed E-state index contributed by atoms with van der Waals surface area (Å²) in [4.78, 5) is 14.7. The Morgan fingerprint density at radius 3 is 3.00 bits per heavy atom. The van der Waals surface area contributed by atoms with Crippen LogP contribution in [-0.2, 0) is 11.2 Å². The summed E-state index contributed by atoms with van der Waals surface area (Å²) in [5.41, 5.74) is 1.27. The fourth-order valence-electron chi connectivity index (χ4n) is 2.45. The number of benzene rings is 1. The van der Waals surface area contributed by atoms with Crippen molar-refractivity contribution in [1.82, 2.24) is 5.32 Å². The van der Waals surface area contributed by atoms with E-state index in [1.54, 1.807) is 11.3 Å². The number of hydrogen-bond acceptors (Lipinski definition) is 3. The predicted octanol–water partition coefficient (Wildman–Crippen LogP) is 4.03. The van der Waals surface area contributed by atoms with Gasteiger partial charge in [-0.15, -0.1) is 23.1 Å². The molecule has 1 N–H and O–H groups in total. The lowest BCUT2D eigenvalue weighted by atomic mass is 10.0. The summed E-state index contributed by atoms with van der Waals surface area (Å²) < 4.78 is 0. The molecule has 0 fully saturated rings.